The smallest absolute Gasteiger partial charge is 0.335 e. The molecule has 108 valence electrons. The molecule has 1 unspecified atom stereocenters. The van der Waals surface area contributed by atoms with Gasteiger partial charge in [0, 0.05) is 6.61 Å². The van der Waals surface area contributed by atoms with Gasteiger partial charge in [-0.15, -0.1) is 0 Å². The fourth-order valence-electron chi connectivity index (χ4n) is 1.55. The molecular weight excluding hydrogens is 254 g/mol. The van der Waals surface area contributed by atoms with Crippen molar-refractivity contribution in [2.45, 2.75) is 39.9 Å². The van der Waals surface area contributed by atoms with Gasteiger partial charge in [-0.05, 0) is 37.0 Å². The zero-order valence-electron chi connectivity index (χ0n) is 12.3. The number of rotatable bonds is 7. The molecule has 0 aliphatic carbocycles. The summed E-state index contributed by atoms with van der Waals surface area (Å²) in [6.07, 6.45) is 0.356. The van der Waals surface area contributed by atoms with Crippen LogP contribution in [0.4, 0.5) is 0 Å². The van der Waals surface area contributed by atoms with Gasteiger partial charge >= 0.3 is 5.97 Å². The molecule has 0 fully saturated rings. The Morgan fingerprint density at radius 3 is 2.75 bits per heavy atom. The number of esters is 1. The lowest BCUT2D eigenvalue weighted by atomic mass is 10.1. The summed E-state index contributed by atoms with van der Waals surface area (Å²) in [5.41, 5.74) is 1.35. The Morgan fingerprint density at radius 2 is 2.10 bits per heavy atom. The molecule has 0 amide bonds. The second-order valence-corrected chi connectivity index (χ2v) is 5.12. The van der Waals surface area contributed by atoms with Crippen molar-refractivity contribution in [3.63, 3.8) is 0 Å². The first kappa shape index (κ1) is 16.2. The molecule has 20 heavy (non-hydrogen) atoms. The van der Waals surface area contributed by atoms with Crippen molar-refractivity contribution < 1.29 is 14.3 Å². The molecule has 1 aromatic carbocycles. The lowest BCUT2D eigenvalue weighted by molar-refractivity contribution is -0.157. The average molecular weight is 275 g/mol. The van der Waals surface area contributed by atoms with Crippen LogP contribution in [0.5, 0.6) is 0 Å². The highest BCUT2D eigenvalue weighted by atomic mass is 16.6. The summed E-state index contributed by atoms with van der Waals surface area (Å²) >= 11 is 0. The second-order valence-electron chi connectivity index (χ2n) is 5.12. The van der Waals surface area contributed by atoms with Gasteiger partial charge in [-0.2, -0.15) is 5.26 Å². The molecule has 0 aliphatic rings. The normalized spacial score (nSPS) is 11.9. The van der Waals surface area contributed by atoms with Crippen LogP contribution in [0, 0.1) is 17.2 Å². The van der Waals surface area contributed by atoms with Gasteiger partial charge in [0.15, 0.2) is 6.10 Å². The zero-order chi connectivity index (χ0) is 15.0. The molecule has 0 saturated heterocycles. The number of carbonyl (C=O) groups excluding carboxylic acids is 1. The van der Waals surface area contributed by atoms with Crippen molar-refractivity contribution in [2.75, 3.05) is 6.61 Å². The first-order valence-electron chi connectivity index (χ1n) is 6.80. The SMILES string of the molecule is CC(C)CCOC(C)C(=O)OCc1cccc(C#N)c1. The van der Waals surface area contributed by atoms with E-state index in [1.165, 1.54) is 0 Å². The number of ether oxygens (including phenoxy) is 2. The van der Waals surface area contributed by atoms with Gasteiger partial charge in [-0.1, -0.05) is 26.0 Å². The highest BCUT2D eigenvalue weighted by Gasteiger charge is 2.15. The Balaban J connectivity index is 2.36. The van der Waals surface area contributed by atoms with Gasteiger partial charge in [0.1, 0.15) is 6.61 Å². The fraction of sp³-hybridized carbons (Fsp3) is 0.500. The summed E-state index contributed by atoms with van der Waals surface area (Å²) in [5, 5.41) is 8.79. The van der Waals surface area contributed by atoms with Gasteiger partial charge in [-0.3, -0.25) is 0 Å². The Morgan fingerprint density at radius 1 is 1.35 bits per heavy atom. The van der Waals surface area contributed by atoms with E-state index in [-0.39, 0.29) is 12.6 Å². The van der Waals surface area contributed by atoms with Gasteiger partial charge in [0.05, 0.1) is 11.6 Å². The van der Waals surface area contributed by atoms with Crippen molar-refractivity contribution in [1.29, 1.82) is 5.26 Å². The molecule has 0 aromatic heterocycles. The van der Waals surface area contributed by atoms with Gasteiger partial charge in [-0.25, -0.2) is 4.79 Å². The van der Waals surface area contributed by atoms with E-state index in [1.807, 2.05) is 6.07 Å². The minimum absolute atomic E-state index is 0.159. The Kier molecular flexibility index (Phi) is 6.75. The third-order valence-corrected chi connectivity index (χ3v) is 2.83. The predicted octanol–water partition coefficient (Wildman–Crippen LogP) is 3.05. The van der Waals surface area contributed by atoms with Crippen LogP contribution in [0.25, 0.3) is 0 Å². The Bertz CT molecular complexity index is 477. The van der Waals surface area contributed by atoms with E-state index in [2.05, 4.69) is 19.9 Å². The summed E-state index contributed by atoms with van der Waals surface area (Å²) in [6, 6.07) is 9.05. The maximum atomic E-state index is 11.7. The number of carbonyl (C=O) groups is 1. The van der Waals surface area contributed by atoms with Crippen LogP contribution >= 0.6 is 0 Å². The van der Waals surface area contributed by atoms with Crippen LogP contribution in [0.3, 0.4) is 0 Å². The average Bonchev–Trinajstić information content (AvgIpc) is 2.44. The first-order chi connectivity index (χ1) is 9.52. The van der Waals surface area contributed by atoms with Crippen molar-refractivity contribution in [3.05, 3.63) is 35.4 Å². The predicted molar refractivity (Wildman–Crippen MR) is 75.8 cm³/mol. The Labute approximate surface area is 120 Å². The van der Waals surface area contributed by atoms with Crippen LogP contribution in [-0.4, -0.2) is 18.7 Å². The first-order valence-corrected chi connectivity index (χ1v) is 6.80. The molecule has 0 aliphatic heterocycles. The molecule has 0 saturated carbocycles. The summed E-state index contributed by atoms with van der Waals surface area (Å²) < 4.78 is 10.6. The Hall–Kier alpha value is -1.86. The van der Waals surface area contributed by atoms with E-state index in [0.29, 0.717) is 18.1 Å². The highest BCUT2D eigenvalue weighted by Crippen LogP contribution is 2.07. The van der Waals surface area contributed by atoms with E-state index in [9.17, 15) is 4.79 Å². The largest absolute Gasteiger partial charge is 0.459 e. The van der Waals surface area contributed by atoms with E-state index in [4.69, 9.17) is 14.7 Å². The van der Waals surface area contributed by atoms with Crippen LogP contribution in [0.1, 0.15) is 38.3 Å². The maximum Gasteiger partial charge on any atom is 0.335 e. The van der Waals surface area contributed by atoms with Gasteiger partial charge in [0.2, 0.25) is 0 Å². The standard InChI is InChI=1S/C16H21NO3/c1-12(2)7-8-19-13(3)16(18)20-11-15-6-4-5-14(9-15)10-17/h4-6,9,12-13H,7-8,11H2,1-3H3. The molecule has 4 heteroatoms. The lowest BCUT2D eigenvalue weighted by Gasteiger charge is -2.13. The number of hydrogen-bond acceptors (Lipinski definition) is 4. The van der Waals surface area contributed by atoms with Crippen molar-refractivity contribution in [1.82, 2.24) is 0 Å². The minimum Gasteiger partial charge on any atom is -0.459 e. The molecule has 0 N–H and O–H groups in total. The number of benzene rings is 1. The third-order valence-electron chi connectivity index (χ3n) is 2.83. The number of nitrogens with zero attached hydrogens (tertiary/aromatic N) is 1. The highest BCUT2D eigenvalue weighted by molar-refractivity contribution is 5.74. The van der Waals surface area contributed by atoms with Crippen LogP contribution in [0.2, 0.25) is 0 Å². The van der Waals surface area contributed by atoms with E-state index >= 15 is 0 Å². The zero-order valence-corrected chi connectivity index (χ0v) is 12.3. The quantitative estimate of drug-likeness (QED) is 0.718. The minimum atomic E-state index is -0.562. The molecule has 1 atom stereocenters. The molecule has 4 nitrogen and oxygen atoms in total. The molecule has 0 bridgehead atoms. The summed E-state index contributed by atoms with van der Waals surface area (Å²) in [7, 11) is 0. The lowest BCUT2D eigenvalue weighted by Crippen LogP contribution is -2.24. The second kappa shape index (κ2) is 8.34. The number of nitriles is 1. The summed E-state index contributed by atoms with van der Waals surface area (Å²) in [4.78, 5) is 11.7. The topological polar surface area (TPSA) is 59.3 Å². The van der Waals surface area contributed by atoms with Gasteiger partial charge < -0.3 is 9.47 Å². The molecule has 0 spiro atoms. The molecule has 1 rings (SSSR count). The van der Waals surface area contributed by atoms with E-state index < -0.39 is 6.10 Å². The van der Waals surface area contributed by atoms with Crippen molar-refractivity contribution in [2.24, 2.45) is 5.92 Å². The van der Waals surface area contributed by atoms with Crippen molar-refractivity contribution >= 4 is 5.97 Å². The fourth-order valence-corrected chi connectivity index (χ4v) is 1.55. The third kappa shape index (κ3) is 5.85. The van der Waals surface area contributed by atoms with Gasteiger partial charge in [0.25, 0.3) is 0 Å². The summed E-state index contributed by atoms with van der Waals surface area (Å²) in [6.45, 7) is 6.61. The molecular formula is C16H21NO3. The molecule has 0 heterocycles. The van der Waals surface area contributed by atoms with Crippen LogP contribution in [-0.2, 0) is 20.9 Å². The number of hydrogen-bond donors (Lipinski definition) is 0. The van der Waals surface area contributed by atoms with Crippen LogP contribution in [0.15, 0.2) is 24.3 Å². The van der Waals surface area contributed by atoms with Crippen LogP contribution < -0.4 is 0 Å². The summed E-state index contributed by atoms with van der Waals surface area (Å²) in [5.74, 6) is 0.169. The maximum absolute atomic E-state index is 11.7. The van der Waals surface area contributed by atoms with Crippen molar-refractivity contribution in [3.8, 4) is 6.07 Å². The molecule has 0 radical (unpaired) electrons. The van der Waals surface area contributed by atoms with E-state index in [0.717, 1.165) is 12.0 Å². The van der Waals surface area contributed by atoms with E-state index in [1.54, 1.807) is 25.1 Å². The molecule has 1 aromatic rings. The monoisotopic (exact) mass is 275 g/mol.